The minimum atomic E-state index is -0.917. The SMILES string of the molecule is [2H]C(CCC(=O)O)N([2H])C(C)(C)C. The van der Waals surface area contributed by atoms with Gasteiger partial charge in [0.1, 0.15) is 1.41 Å². The van der Waals surface area contributed by atoms with E-state index in [0.717, 1.165) is 5.31 Å². The van der Waals surface area contributed by atoms with E-state index in [4.69, 9.17) is 7.89 Å². The quantitative estimate of drug-likeness (QED) is 0.652. The van der Waals surface area contributed by atoms with E-state index in [-0.39, 0.29) is 12.8 Å². The Hall–Kier alpha value is -0.570. The second-order valence-corrected chi connectivity index (χ2v) is 3.41. The number of hydrogen-bond acceptors (Lipinski definition) is 2. The Bertz CT molecular complexity index is 179. The molecule has 0 aromatic rings. The van der Waals surface area contributed by atoms with Crippen LogP contribution in [0.1, 0.15) is 35.0 Å². The molecule has 3 heteroatoms. The van der Waals surface area contributed by atoms with Crippen molar-refractivity contribution in [2.24, 2.45) is 0 Å². The van der Waals surface area contributed by atoms with Gasteiger partial charge >= 0.3 is 5.97 Å². The highest BCUT2D eigenvalue weighted by Gasteiger charge is 2.07. The molecule has 1 unspecified atom stereocenters. The van der Waals surface area contributed by atoms with Crippen LogP contribution in [0.3, 0.4) is 0 Å². The molecule has 2 N–H and O–H groups in total. The van der Waals surface area contributed by atoms with Crippen LogP contribution in [0.2, 0.25) is 1.41 Å². The molecule has 11 heavy (non-hydrogen) atoms. The summed E-state index contributed by atoms with van der Waals surface area (Å²) < 4.78 is 15.0. The van der Waals surface area contributed by atoms with Gasteiger partial charge in [-0.05, 0) is 33.7 Å². The molecular weight excluding hydrogens is 142 g/mol. The third kappa shape index (κ3) is 9.43. The Labute approximate surface area is 70.7 Å². The molecule has 0 rings (SSSR count). The molecule has 0 spiro atoms. The van der Waals surface area contributed by atoms with E-state index >= 15 is 0 Å². The molecule has 3 nitrogen and oxygen atoms in total. The van der Waals surface area contributed by atoms with Gasteiger partial charge < -0.3 is 10.4 Å². The second-order valence-electron chi connectivity index (χ2n) is 3.41. The maximum Gasteiger partial charge on any atom is 0.303 e. The van der Waals surface area contributed by atoms with Crippen molar-refractivity contribution in [2.45, 2.75) is 39.2 Å². The van der Waals surface area contributed by atoms with E-state index in [0.29, 0.717) is 0 Å². The fraction of sp³-hybridized carbons (Fsp3) is 0.875. The number of hydrogen-bond donors (Lipinski definition) is 2. The fourth-order valence-corrected chi connectivity index (χ4v) is 0.526. The average molecular weight is 161 g/mol. The molecule has 0 aromatic heterocycles. The number of carbonyl (C=O) groups is 1. The zero-order valence-corrected chi connectivity index (χ0v) is 7.29. The largest absolute Gasteiger partial charge is 0.481 e. The van der Waals surface area contributed by atoms with Gasteiger partial charge in [0, 0.05) is 13.3 Å². The average Bonchev–Trinajstić information content (AvgIpc) is 1.96. The molecule has 0 aliphatic rings. The van der Waals surface area contributed by atoms with Crippen molar-refractivity contribution in [1.82, 2.24) is 5.31 Å². The molecule has 0 aliphatic heterocycles. The maximum absolute atomic E-state index is 10.2. The number of carboxylic acids is 1. The number of nitrogens with one attached hydrogen (secondary N) is 1. The summed E-state index contributed by atoms with van der Waals surface area (Å²) in [6.45, 7) is 4.70. The summed E-state index contributed by atoms with van der Waals surface area (Å²) in [5, 5.41) is 9.50. The van der Waals surface area contributed by atoms with Gasteiger partial charge in [-0.3, -0.25) is 4.79 Å². The van der Waals surface area contributed by atoms with Gasteiger partial charge in [0.25, 0.3) is 0 Å². The van der Waals surface area contributed by atoms with Crippen LogP contribution in [0.4, 0.5) is 0 Å². The first kappa shape index (κ1) is 7.10. The van der Waals surface area contributed by atoms with Crippen molar-refractivity contribution in [3.63, 3.8) is 0 Å². The summed E-state index contributed by atoms with van der Waals surface area (Å²) in [6.07, 6.45) is 0.135. The van der Waals surface area contributed by atoms with E-state index in [2.05, 4.69) is 0 Å². The van der Waals surface area contributed by atoms with Gasteiger partial charge in [-0.2, -0.15) is 0 Å². The Morgan fingerprint density at radius 3 is 2.64 bits per heavy atom. The van der Waals surface area contributed by atoms with Gasteiger partial charge in [-0.1, -0.05) is 0 Å². The topological polar surface area (TPSA) is 49.3 Å². The van der Waals surface area contributed by atoms with Crippen LogP contribution in [-0.2, 0) is 4.79 Å². The smallest absolute Gasteiger partial charge is 0.303 e. The Morgan fingerprint density at radius 1 is 1.73 bits per heavy atom. The molecule has 0 heterocycles. The van der Waals surface area contributed by atoms with Gasteiger partial charge in [0.05, 0.1) is 0 Å². The van der Waals surface area contributed by atoms with Crippen molar-refractivity contribution in [2.75, 3.05) is 6.52 Å². The molecule has 0 bridgehead atoms. The zero-order chi connectivity index (χ0) is 10.6. The van der Waals surface area contributed by atoms with Gasteiger partial charge in [-0.15, -0.1) is 0 Å². The van der Waals surface area contributed by atoms with Crippen molar-refractivity contribution >= 4 is 5.97 Å². The number of rotatable bonds is 4. The van der Waals surface area contributed by atoms with Crippen LogP contribution in [0.25, 0.3) is 0 Å². The molecule has 0 fully saturated rings. The van der Waals surface area contributed by atoms with Crippen molar-refractivity contribution < 1.29 is 12.7 Å². The van der Waals surface area contributed by atoms with Crippen molar-refractivity contribution in [1.29, 1.82) is 0 Å². The third-order valence-electron chi connectivity index (χ3n) is 0.966. The second kappa shape index (κ2) is 4.34. The zero-order valence-electron chi connectivity index (χ0n) is 9.29. The predicted octanol–water partition coefficient (Wildman–Crippen LogP) is 1.24. The Kier molecular flexibility index (Phi) is 2.80. The highest BCUT2D eigenvalue weighted by molar-refractivity contribution is 5.66. The van der Waals surface area contributed by atoms with Gasteiger partial charge in [0.2, 0.25) is 0 Å². The third-order valence-corrected chi connectivity index (χ3v) is 0.966. The highest BCUT2D eigenvalue weighted by Crippen LogP contribution is 1.98. The summed E-state index contributed by atoms with van der Waals surface area (Å²) in [4.78, 5) is 10.2. The normalized spacial score (nSPS) is 17.5. The van der Waals surface area contributed by atoms with E-state index < -0.39 is 18.0 Å². The Balaban J connectivity index is 3.97. The van der Waals surface area contributed by atoms with Crippen LogP contribution in [-0.4, -0.2) is 23.1 Å². The summed E-state index contributed by atoms with van der Waals surface area (Å²) in [6, 6.07) is 0. The van der Waals surface area contributed by atoms with Crippen molar-refractivity contribution in [3.05, 3.63) is 0 Å². The first-order chi connectivity index (χ1) is 5.75. The number of carboxylic acid groups (broad SMARTS) is 1. The van der Waals surface area contributed by atoms with Crippen LogP contribution in [0.5, 0.6) is 0 Å². The Morgan fingerprint density at radius 2 is 2.27 bits per heavy atom. The minimum absolute atomic E-state index is 0.0559. The number of aliphatic carboxylic acids is 1. The molecule has 0 radical (unpaired) electrons. The molecule has 0 amide bonds. The van der Waals surface area contributed by atoms with Crippen LogP contribution in [0, 0.1) is 0 Å². The first-order valence-corrected chi connectivity index (χ1v) is 3.67. The summed E-state index contributed by atoms with van der Waals surface area (Å²) in [5.74, 6) is -0.917. The molecule has 1 atom stereocenters. The van der Waals surface area contributed by atoms with Crippen LogP contribution in [0.15, 0.2) is 0 Å². The lowest BCUT2D eigenvalue weighted by Crippen LogP contribution is -2.36. The summed E-state index contributed by atoms with van der Waals surface area (Å²) in [5.41, 5.74) is -0.412. The van der Waals surface area contributed by atoms with Gasteiger partial charge in [0.15, 0.2) is 0 Å². The minimum Gasteiger partial charge on any atom is -0.481 e. The summed E-state index contributed by atoms with van der Waals surface area (Å²) in [7, 11) is 0. The van der Waals surface area contributed by atoms with E-state index in [1.807, 2.05) is 20.8 Å². The lowest BCUT2D eigenvalue weighted by atomic mass is 10.1. The molecule has 0 aliphatic carbocycles. The lowest BCUT2D eigenvalue weighted by Gasteiger charge is -2.19. The molecule has 0 saturated carbocycles. The standard InChI is InChI=1S/C8H17NO2/c1-8(2,3)9-6-4-5-7(10)11/h9H,4-6H2,1-3H3,(H,10,11)/i6D/hD. The molecule has 66 valence electrons. The van der Waals surface area contributed by atoms with E-state index in [1.54, 1.807) is 0 Å². The van der Waals surface area contributed by atoms with Crippen molar-refractivity contribution in [3.8, 4) is 0 Å². The lowest BCUT2D eigenvalue weighted by molar-refractivity contribution is -0.137. The fourth-order valence-electron chi connectivity index (χ4n) is 0.526. The molecular formula is C8H17NO2. The summed E-state index contributed by atoms with van der Waals surface area (Å²) >= 11 is 0. The van der Waals surface area contributed by atoms with Crippen LogP contribution >= 0.6 is 0 Å². The molecule has 0 aromatic carbocycles. The van der Waals surface area contributed by atoms with Crippen LogP contribution < -0.4 is 5.31 Å². The predicted molar refractivity (Wildman–Crippen MR) is 44.6 cm³/mol. The monoisotopic (exact) mass is 161 g/mol. The van der Waals surface area contributed by atoms with E-state index in [1.165, 1.54) is 0 Å². The van der Waals surface area contributed by atoms with E-state index in [9.17, 15) is 4.79 Å². The maximum atomic E-state index is 10.2. The first-order valence-electron chi connectivity index (χ1n) is 4.70. The van der Waals surface area contributed by atoms with Gasteiger partial charge in [-0.25, -0.2) is 0 Å². The highest BCUT2D eigenvalue weighted by atomic mass is 16.4. The molecule has 0 saturated heterocycles.